The molecule has 0 atom stereocenters. The normalized spacial score (nSPS) is 11.5. The van der Waals surface area contributed by atoms with Gasteiger partial charge in [0.25, 0.3) is 5.69 Å². The van der Waals surface area contributed by atoms with Gasteiger partial charge in [0.2, 0.25) is 0 Å². The second kappa shape index (κ2) is 6.49. The lowest BCUT2D eigenvalue weighted by atomic mass is 9.93. The van der Waals surface area contributed by atoms with E-state index >= 15 is 0 Å². The largest absolute Gasteiger partial charge is 0.366 e. The molecule has 0 heterocycles. The van der Waals surface area contributed by atoms with Crippen molar-refractivity contribution in [3.63, 3.8) is 0 Å². The quantitative estimate of drug-likeness (QED) is 0.632. The Morgan fingerprint density at radius 2 is 2.10 bits per heavy atom. The highest BCUT2D eigenvalue weighted by atomic mass is 79.9. The number of anilines is 1. The Morgan fingerprint density at radius 3 is 2.55 bits per heavy atom. The van der Waals surface area contributed by atoms with Gasteiger partial charge < -0.3 is 10.6 Å². The standard InChI is InChI=1S/C13H19BrFN3O2/c1-4-17(8-13(2,3)7-16)11-5-9(14)10(15)6-12(11)18(19)20/h5-6H,4,7-8,16H2,1-3H3. The van der Waals surface area contributed by atoms with E-state index in [-0.39, 0.29) is 15.6 Å². The van der Waals surface area contributed by atoms with Gasteiger partial charge in [-0.25, -0.2) is 4.39 Å². The van der Waals surface area contributed by atoms with E-state index in [9.17, 15) is 14.5 Å². The van der Waals surface area contributed by atoms with Crippen LogP contribution in [0.1, 0.15) is 20.8 Å². The number of hydrogen-bond donors (Lipinski definition) is 1. The van der Waals surface area contributed by atoms with Crippen molar-refractivity contribution in [3.05, 3.63) is 32.5 Å². The lowest BCUT2D eigenvalue weighted by Crippen LogP contribution is -2.39. The molecule has 0 aliphatic heterocycles. The number of hydrogen-bond acceptors (Lipinski definition) is 4. The van der Waals surface area contributed by atoms with E-state index in [2.05, 4.69) is 15.9 Å². The maximum absolute atomic E-state index is 13.5. The third-order valence-corrected chi connectivity index (χ3v) is 3.72. The summed E-state index contributed by atoms with van der Waals surface area (Å²) in [6, 6.07) is 2.39. The predicted octanol–water partition coefficient (Wildman–Crippen LogP) is 3.31. The van der Waals surface area contributed by atoms with Crippen LogP contribution in [-0.4, -0.2) is 24.6 Å². The smallest absolute Gasteiger partial charge is 0.295 e. The highest BCUT2D eigenvalue weighted by Crippen LogP contribution is 2.34. The number of nitro benzene ring substituents is 1. The average Bonchev–Trinajstić information content (AvgIpc) is 2.38. The predicted molar refractivity (Wildman–Crippen MR) is 81.5 cm³/mol. The molecule has 0 aromatic heterocycles. The zero-order valence-electron chi connectivity index (χ0n) is 11.8. The van der Waals surface area contributed by atoms with Crippen molar-refractivity contribution in [2.24, 2.45) is 11.1 Å². The molecule has 2 N–H and O–H groups in total. The van der Waals surface area contributed by atoms with Crippen LogP contribution < -0.4 is 10.6 Å². The van der Waals surface area contributed by atoms with Crippen LogP contribution in [-0.2, 0) is 0 Å². The molecule has 1 rings (SSSR count). The molecule has 0 bridgehead atoms. The van der Waals surface area contributed by atoms with Gasteiger partial charge in [0.05, 0.1) is 15.5 Å². The molecule has 5 nitrogen and oxygen atoms in total. The third kappa shape index (κ3) is 3.89. The number of halogens is 2. The number of nitro groups is 1. The molecular weight excluding hydrogens is 329 g/mol. The van der Waals surface area contributed by atoms with Crippen molar-refractivity contribution < 1.29 is 9.31 Å². The monoisotopic (exact) mass is 347 g/mol. The van der Waals surface area contributed by atoms with Crippen LogP contribution in [0.2, 0.25) is 0 Å². The summed E-state index contributed by atoms with van der Waals surface area (Å²) in [5.74, 6) is -0.644. The molecule has 20 heavy (non-hydrogen) atoms. The Kier molecular flexibility index (Phi) is 5.47. The summed E-state index contributed by atoms with van der Waals surface area (Å²) in [4.78, 5) is 12.4. The first-order chi connectivity index (χ1) is 9.21. The van der Waals surface area contributed by atoms with E-state index in [0.29, 0.717) is 25.3 Å². The highest BCUT2D eigenvalue weighted by Gasteiger charge is 2.26. The summed E-state index contributed by atoms with van der Waals surface area (Å²) in [7, 11) is 0. The minimum atomic E-state index is -0.644. The van der Waals surface area contributed by atoms with Crippen LogP contribution >= 0.6 is 15.9 Å². The van der Waals surface area contributed by atoms with E-state index in [0.717, 1.165) is 6.07 Å². The molecule has 0 spiro atoms. The van der Waals surface area contributed by atoms with Crippen molar-refractivity contribution in [2.45, 2.75) is 20.8 Å². The molecule has 0 fully saturated rings. The molecule has 1 aromatic carbocycles. The first-order valence-corrected chi connectivity index (χ1v) is 7.09. The number of rotatable bonds is 6. The van der Waals surface area contributed by atoms with Gasteiger partial charge in [-0.05, 0) is 40.9 Å². The molecule has 0 radical (unpaired) electrons. The number of nitrogens with two attached hydrogens (primary N) is 1. The molecule has 112 valence electrons. The summed E-state index contributed by atoms with van der Waals surface area (Å²) in [5, 5.41) is 11.1. The maximum Gasteiger partial charge on any atom is 0.295 e. The SMILES string of the molecule is CCN(CC(C)(C)CN)c1cc(Br)c(F)cc1[N+](=O)[O-]. The van der Waals surface area contributed by atoms with E-state index in [1.54, 1.807) is 0 Å². The van der Waals surface area contributed by atoms with Gasteiger partial charge in [0.15, 0.2) is 0 Å². The summed E-state index contributed by atoms with van der Waals surface area (Å²) >= 11 is 3.07. The molecule has 0 aliphatic rings. The zero-order chi connectivity index (χ0) is 15.5. The van der Waals surface area contributed by atoms with Gasteiger partial charge in [-0.3, -0.25) is 10.1 Å². The fourth-order valence-corrected chi connectivity index (χ4v) is 2.21. The maximum atomic E-state index is 13.5. The van der Waals surface area contributed by atoms with Crippen LogP contribution in [0, 0.1) is 21.3 Å². The third-order valence-electron chi connectivity index (χ3n) is 3.11. The highest BCUT2D eigenvalue weighted by molar-refractivity contribution is 9.10. The van der Waals surface area contributed by atoms with Crippen molar-refractivity contribution >= 4 is 27.3 Å². The molecule has 0 saturated carbocycles. The van der Waals surface area contributed by atoms with Crippen molar-refractivity contribution in [2.75, 3.05) is 24.5 Å². The summed E-state index contributed by atoms with van der Waals surface area (Å²) in [5.41, 5.74) is 5.68. The topological polar surface area (TPSA) is 72.4 Å². The molecule has 7 heteroatoms. The van der Waals surface area contributed by atoms with Gasteiger partial charge in [-0.15, -0.1) is 0 Å². The lowest BCUT2D eigenvalue weighted by Gasteiger charge is -2.32. The Hall–Kier alpha value is -1.21. The van der Waals surface area contributed by atoms with Crippen molar-refractivity contribution in [1.29, 1.82) is 0 Å². The van der Waals surface area contributed by atoms with Crippen LogP contribution in [0.5, 0.6) is 0 Å². The molecule has 0 amide bonds. The molecule has 0 saturated heterocycles. The summed E-state index contributed by atoms with van der Waals surface area (Å²) in [6.45, 7) is 7.45. The van der Waals surface area contributed by atoms with Crippen LogP contribution in [0.4, 0.5) is 15.8 Å². The molecule has 1 aromatic rings. The fraction of sp³-hybridized carbons (Fsp3) is 0.538. The molecule has 0 aliphatic carbocycles. The Morgan fingerprint density at radius 1 is 1.50 bits per heavy atom. The van der Waals surface area contributed by atoms with Crippen LogP contribution in [0.15, 0.2) is 16.6 Å². The summed E-state index contributed by atoms with van der Waals surface area (Å²) in [6.07, 6.45) is 0. The van der Waals surface area contributed by atoms with Crippen LogP contribution in [0.25, 0.3) is 0 Å². The Labute approximate surface area is 126 Å². The van der Waals surface area contributed by atoms with E-state index in [1.165, 1.54) is 6.07 Å². The molecular formula is C13H19BrFN3O2. The first kappa shape index (κ1) is 16.8. The minimum Gasteiger partial charge on any atom is -0.366 e. The Bertz CT molecular complexity index is 509. The number of benzene rings is 1. The van der Waals surface area contributed by atoms with Gasteiger partial charge in [-0.2, -0.15) is 0 Å². The fourth-order valence-electron chi connectivity index (χ4n) is 1.87. The van der Waals surface area contributed by atoms with Crippen molar-refractivity contribution in [1.82, 2.24) is 0 Å². The Balaban J connectivity index is 3.27. The van der Waals surface area contributed by atoms with E-state index < -0.39 is 10.7 Å². The lowest BCUT2D eigenvalue weighted by molar-refractivity contribution is -0.384. The van der Waals surface area contributed by atoms with Gasteiger partial charge >= 0.3 is 0 Å². The van der Waals surface area contributed by atoms with Gasteiger partial charge in [0.1, 0.15) is 11.5 Å². The number of nitrogens with zero attached hydrogens (tertiary/aromatic N) is 2. The summed E-state index contributed by atoms with van der Waals surface area (Å²) < 4.78 is 13.7. The van der Waals surface area contributed by atoms with Gasteiger partial charge in [-0.1, -0.05) is 13.8 Å². The zero-order valence-corrected chi connectivity index (χ0v) is 13.4. The minimum absolute atomic E-state index is 0.190. The average molecular weight is 348 g/mol. The molecule has 0 unspecified atom stereocenters. The second-order valence-electron chi connectivity index (χ2n) is 5.39. The van der Waals surface area contributed by atoms with Gasteiger partial charge in [0, 0.05) is 13.1 Å². The van der Waals surface area contributed by atoms with E-state index in [4.69, 9.17) is 5.73 Å². The van der Waals surface area contributed by atoms with Crippen molar-refractivity contribution in [3.8, 4) is 0 Å². The first-order valence-electron chi connectivity index (χ1n) is 6.30. The second-order valence-corrected chi connectivity index (χ2v) is 6.25. The van der Waals surface area contributed by atoms with Crippen LogP contribution in [0.3, 0.4) is 0 Å². The van der Waals surface area contributed by atoms with E-state index in [1.807, 2.05) is 25.7 Å².